The lowest BCUT2D eigenvalue weighted by Crippen LogP contribution is -2.27. The predicted molar refractivity (Wildman–Crippen MR) is 87.4 cm³/mol. The topological polar surface area (TPSA) is 40.5 Å². The van der Waals surface area contributed by atoms with Crippen molar-refractivity contribution >= 4 is 0 Å². The standard InChI is InChI=1S/C20H22O2/c21-17-11-9-13-5-1-3-7-15(13)19(17)20-16-8-4-2-6-14(16)10-12-18(20)22/h1,3,5,7,10,12,17,19,21-22H,2,4,6,8-9,11H2/t17-,19+/m1/s1. The second-order valence-corrected chi connectivity index (χ2v) is 6.63. The molecule has 0 aliphatic heterocycles. The van der Waals surface area contributed by atoms with Crippen LogP contribution in [0.2, 0.25) is 0 Å². The van der Waals surface area contributed by atoms with E-state index in [0.717, 1.165) is 31.2 Å². The van der Waals surface area contributed by atoms with E-state index >= 15 is 0 Å². The molecule has 2 aliphatic rings. The maximum Gasteiger partial charge on any atom is 0.119 e. The molecule has 0 bridgehead atoms. The van der Waals surface area contributed by atoms with Crippen molar-refractivity contribution in [3.8, 4) is 5.75 Å². The first kappa shape index (κ1) is 13.8. The van der Waals surface area contributed by atoms with Crippen molar-refractivity contribution in [2.45, 2.75) is 50.5 Å². The van der Waals surface area contributed by atoms with Gasteiger partial charge in [-0.25, -0.2) is 0 Å². The third-order valence-corrected chi connectivity index (χ3v) is 5.35. The number of hydrogen-bond acceptors (Lipinski definition) is 2. The van der Waals surface area contributed by atoms with Gasteiger partial charge in [-0.2, -0.15) is 0 Å². The van der Waals surface area contributed by atoms with Crippen molar-refractivity contribution in [1.29, 1.82) is 0 Å². The zero-order valence-corrected chi connectivity index (χ0v) is 12.8. The van der Waals surface area contributed by atoms with Crippen LogP contribution in [0.25, 0.3) is 0 Å². The third kappa shape index (κ3) is 2.14. The molecule has 0 fully saturated rings. The third-order valence-electron chi connectivity index (χ3n) is 5.35. The normalized spacial score (nSPS) is 23.7. The van der Waals surface area contributed by atoms with Gasteiger partial charge in [0.15, 0.2) is 0 Å². The van der Waals surface area contributed by atoms with E-state index in [1.807, 2.05) is 12.1 Å². The molecular formula is C20H22O2. The average molecular weight is 294 g/mol. The highest BCUT2D eigenvalue weighted by molar-refractivity contribution is 5.53. The Morgan fingerprint density at radius 3 is 2.59 bits per heavy atom. The van der Waals surface area contributed by atoms with E-state index < -0.39 is 6.10 Å². The van der Waals surface area contributed by atoms with E-state index in [9.17, 15) is 10.2 Å². The molecule has 2 N–H and O–H groups in total. The van der Waals surface area contributed by atoms with Crippen LogP contribution in [0.4, 0.5) is 0 Å². The number of aliphatic hydroxyl groups is 1. The number of fused-ring (bicyclic) bond motifs is 2. The van der Waals surface area contributed by atoms with Crippen molar-refractivity contribution in [3.63, 3.8) is 0 Å². The maximum absolute atomic E-state index is 10.7. The van der Waals surface area contributed by atoms with Crippen molar-refractivity contribution < 1.29 is 10.2 Å². The molecule has 22 heavy (non-hydrogen) atoms. The first-order valence-electron chi connectivity index (χ1n) is 8.35. The minimum absolute atomic E-state index is 0.0852. The fourth-order valence-electron chi connectivity index (χ4n) is 4.28. The van der Waals surface area contributed by atoms with Crippen LogP contribution in [-0.2, 0) is 19.3 Å². The molecule has 0 saturated carbocycles. The lowest BCUT2D eigenvalue weighted by Gasteiger charge is -2.34. The Hall–Kier alpha value is -1.80. The summed E-state index contributed by atoms with van der Waals surface area (Å²) >= 11 is 0. The van der Waals surface area contributed by atoms with Crippen LogP contribution < -0.4 is 0 Å². The summed E-state index contributed by atoms with van der Waals surface area (Å²) in [5.41, 5.74) is 6.12. The van der Waals surface area contributed by atoms with Crippen LogP contribution >= 0.6 is 0 Å². The minimum Gasteiger partial charge on any atom is -0.508 e. The Labute approximate surface area is 131 Å². The Morgan fingerprint density at radius 2 is 1.68 bits per heavy atom. The molecule has 2 aliphatic carbocycles. The molecule has 2 nitrogen and oxygen atoms in total. The Morgan fingerprint density at radius 1 is 0.864 bits per heavy atom. The summed E-state index contributed by atoms with van der Waals surface area (Å²) in [5.74, 6) is 0.263. The highest BCUT2D eigenvalue weighted by Crippen LogP contribution is 2.44. The zero-order chi connectivity index (χ0) is 15.1. The van der Waals surface area contributed by atoms with Crippen LogP contribution in [-0.4, -0.2) is 16.3 Å². The lowest BCUT2D eigenvalue weighted by atomic mass is 9.73. The molecule has 114 valence electrons. The van der Waals surface area contributed by atoms with E-state index in [4.69, 9.17) is 0 Å². The number of aromatic hydroxyl groups is 1. The summed E-state index contributed by atoms with van der Waals surface area (Å²) in [5, 5.41) is 21.2. The second kappa shape index (κ2) is 5.44. The average Bonchev–Trinajstić information content (AvgIpc) is 2.56. The number of aliphatic hydroxyl groups excluding tert-OH is 1. The van der Waals surface area contributed by atoms with Crippen molar-refractivity contribution in [2.75, 3.05) is 0 Å². The van der Waals surface area contributed by atoms with Gasteiger partial charge < -0.3 is 10.2 Å². The van der Waals surface area contributed by atoms with Gasteiger partial charge in [-0.3, -0.25) is 0 Å². The monoisotopic (exact) mass is 294 g/mol. The van der Waals surface area contributed by atoms with Gasteiger partial charge in [0.05, 0.1) is 6.10 Å². The van der Waals surface area contributed by atoms with Crippen LogP contribution in [0.5, 0.6) is 5.75 Å². The summed E-state index contributed by atoms with van der Waals surface area (Å²) in [7, 11) is 0. The van der Waals surface area contributed by atoms with Crippen molar-refractivity contribution in [1.82, 2.24) is 0 Å². The first-order valence-corrected chi connectivity index (χ1v) is 8.35. The molecule has 2 aromatic rings. The van der Waals surface area contributed by atoms with Gasteiger partial charge >= 0.3 is 0 Å². The Balaban J connectivity index is 1.92. The number of phenols is 1. The summed E-state index contributed by atoms with van der Waals surface area (Å²) < 4.78 is 0. The van der Waals surface area contributed by atoms with Crippen molar-refractivity contribution in [3.05, 3.63) is 64.2 Å². The van der Waals surface area contributed by atoms with Gasteiger partial charge in [0.25, 0.3) is 0 Å². The molecule has 0 saturated heterocycles. The van der Waals surface area contributed by atoms with E-state index in [1.54, 1.807) is 0 Å². The molecule has 2 atom stereocenters. The highest BCUT2D eigenvalue weighted by atomic mass is 16.3. The van der Waals surface area contributed by atoms with Crippen LogP contribution in [0.1, 0.15) is 53.0 Å². The van der Waals surface area contributed by atoms with Gasteiger partial charge in [0, 0.05) is 11.5 Å². The second-order valence-electron chi connectivity index (χ2n) is 6.63. The summed E-state index contributed by atoms with van der Waals surface area (Å²) in [6, 6.07) is 12.3. The SMILES string of the molecule is Oc1ccc2c(c1[C@H]1c3ccccc3CC[C@H]1O)CCCC2. The first-order chi connectivity index (χ1) is 10.8. The molecule has 2 heteroatoms. The molecule has 0 aromatic heterocycles. The van der Waals surface area contributed by atoms with Gasteiger partial charge in [-0.15, -0.1) is 0 Å². The summed E-state index contributed by atoms with van der Waals surface area (Å²) in [4.78, 5) is 0. The van der Waals surface area contributed by atoms with E-state index in [1.165, 1.54) is 35.1 Å². The van der Waals surface area contributed by atoms with Gasteiger partial charge in [-0.05, 0) is 66.8 Å². The van der Waals surface area contributed by atoms with Gasteiger partial charge in [0.2, 0.25) is 0 Å². The van der Waals surface area contributed by atoms with E-state index in [2.05, 4.69) is 24.3 Å². The molecule has 0 amide bonds. The van der Waals surface area contributed by atoms with Crippen molar-refractivity contribution in [2.24, 2.45) is 0 Å². The van der Waals surface area contributed by atoms with Gasteiger partial charge in [0.1, 0.15) is 5.75 Å². The molecule has 0 heterocycles. The molecule has 0 unspecified atom stereocenters. The largest absolute Gasteiger partial charge is 0.508 e. The maximum atomic E-state index is 10.7. The smallest absolute Gasteiger partial charge is 0.119 e. The molecule has 0 spiro atoms. The Kier molecular flexibility index (Phi) is 3.42. The molecule has 0 radical (unpaired) electrons. The van der Waals surface area contributed by atoms with Crippen LogP contribution in [0.15, 0.2) is 36.4 Å². The highest BCUT2D eigenvalue weighted by Gasteiger charge is 2.33. The number of hydrogen-bond donors (Lipinski definition) is 2. The number of benzene rings is 2. The molecule has 2 aromatic carbocycles. The van der Waals surface area contributed by atoms with E-state index in [-0.39, 0.29) is 5.92 Å². The quantitative estimate of drug-likeness (QED) is 0.841. The zero-order valence-electron chi connectivity index (χ0n) is 12.8. The minimum atomic E-state index is -0.408. The molecular weight excluding hydrogens is 272 g/mol. The Bertz CT molecular complexity index is 705. The van der Waals surface area contributed by atoms with E-state index in [0.29, 0.717) is 5.75 Å². The summed E-state index contributed by atoms with van der Waals surface area (Å²) in [6.45, 7) is 0. The lowest BCUT2D eigenvalue weighted by molar-refractivity contribution is 0.138. The number of rotatable bonds is 1. The van der Waals surface area contributed by atoms with Gasteiger partial charge in [-0.1, -0.05) is 30.3 Å². The molecule has 4 rings (SSSR count). The predicted octanol–water partition coefficient (Wildman–Crippen LogP) is 3.71. The van der Waals surface area contributed by atoms with Crippen LogP contribution in [0, 0.1) is 0 Å². The van der Waals surface area contributed by atoms with Crippen LogP contribution in [0.3, 0.4) is 0 Å². The fourth-order valence-corrected chi connectivity index (χ4v) is 4.28. The fraction of sp³-hybridized carbons (Fsp3) is 0.400. The number of aryl methyl sites for hydroxylation is 2. The summed E-state index contributed by atoms with van der Waals surface area (Å²) in [6.07, 6.45) is 5.79. The number of phenolic OH excluding ortho intramolecular Hbond substituents is 1.